The summed E-state index contributed by atoms with van der Waals surface area (Å²) >= 11 is 3.53. The van der Waals surface area contributed by atoms with Crippen LogP contribution >= 0.6 is 12.6 Å². The Balaban J connectivity index is 0.00000112. The average Bonchev–Trinajstić information content (AvgIpc) is 3.36. The second-order valence-electron chi connectivity index (χ2n) is 7.78. The van der Waals surface area contributed by atoms with Crippen LogP contribution < -0.4 is 16.0 Å². The van der Waals surface area contributed by atoms with Crippen molar-refractivity contribution in [2.45, 2.75) is 19.3 Å². The van der Waals surface area contributed by atoms with E-state index in [2.05, 4.69) is 64.2 Å². The summed E-state index contributed by atoms with van der Waals surface area (Å²) in [4.78, 5) is 18.9. The van der Waals surface area contributed by atoms with Gasteiger partial charge in [-0.15, -0.1) is 0 Å². The van der Waals surface area contributed by atoms with E-state index < -0.39 is 0 Å². The van der Waals surface area contributed by atoms with E-state index in [1.165, 1.54) is 18.5 Å². The first-order valence-corrected chi connectivity index (χ1v) is 11.6. The summed E-state index contributed by atoms with van der Waals surface area (Å²) in [6, 6.07) is 16.7. The molecule has 31 heavy (non-hydrogen) atoms. The number of rotatable bonds is 3. The molecule has 5 nitrogen and oxygen atoms in total. The van der Waals surface area contributed by atoms with E-state index in [-0.39, 0.29) is 5.91 Å². The van der Waals surface area contributed by atoms with Crippen LogP contribution in [0.3, 0.4) is 0 Å². The Hall–Kier alpha value is -2.99. The molecule has 0 bridgehead atoms. The molecular weight excluding hydrogens is 404 g/mol. The smallest absolute Gasteiger partial charge is 0.251 e. The summed E-state index contributed by atoms with van der Waals surface area (Å²) < 4.78 is 0. The number of carbonyl (C=O) groups is 1. The molecule has 1 saturated heterocycles. The van der Waals surface area contributed by atoms with E-state index in [0.29, 0.717) is 12.4 Å². The van der Waals surface area contributed by atoms with Crippen molar-refractivity contribution >= 4 is 30.0 Å². The number of anilines is 2. The highest BCUT2D eigenvalue weighted by molar-refractivity contribution is 7.79. The van der Waals surface area contributed by atoms with Gasteiger partial charge in [-0.3, -0.25) is 4.79 Å². The first-order chi connectivity index (χ1) is 15.2. The van der Waals surface area contributed by atoms with Gasteiger partial charge < -0.3 is 16.0 Å². The fourth-order valence-electron chi connectivity index (χ4n) is 4.30. The average molecular weight is 433 g/mol. The van der Waals surface area contributed by atoms with Gasteiger partial charge in [-0.25, -0.2) is 4.98 Å². The molecule has 3 aromatic rings. The molecule has 1 aromatic heterocycles. The SMILES string of the molecule is CS.Nc1ncc(-c2ccc(N3CCCC3)cc2)cc1-c1ccc2c(c1)CCNC2=O. The van der Waals surface area contributed by atoms with Crippen molar-refractivity contribution in [3.63, 3.8) is 0 Å². The Morgan fingerprint density at radius 1 is 0.935 bits per heavy atom. The number of nitrogen functional groups attached to an aromatic ring is 1. The number of nitrogens with one attached hydrogen (secondary N) is 1. The van der Waals surface area contributed by atoms with Gasteiger partial charge in [-0.1, -0.05) is 24.3 Å². The number of thiol groups is 1. The third kappa shape index (κ3) is 4.39. The van der Waals surface area contributed by atoms with Gasteiger partial charge in [-0.2, -0.15) is 12.6 Å². The molecule has 160 valence electrons. The van der Waals surface area contributed by atoms with Gasteiger partial charge in [-0.05, 0) is 66.5 Å². The predicted molar refractivity (Wildman–Crippen MR) is 132 cm³/mol. The van der Waals surface area contributed by atoms with Gasteiger partial charge in [0.1, 0.15) is 5.82 Å². The van der Waals surface area contributed by atoms with Crippen LogP contribution in [0.4, 0.5) is 11.5 Å². The highest BCUT2D eigenvalue weighted by Crippen LogP contribution is 2.32. The molecule has 0 spiro atoms. The van der Waals surface area contributed by atoms with Crippen molar-refractivity contribution in [1.82, 2.24) is 10.3 Å². The summed E-state index contributed by atoms with van der Waals surface area (Å²) in [5.41, 5.74) is 13.4. The lowest BCUT2D eigenvalue weighted by Crippen LogP contribution is -2.31. The Morgan fingerprint density at radius 3 is 2.39 bits per heavy atom. The summed E-state index contributed by atoms with van der Waals surface area (Å²) in [6.45, 7) is 2.96. The number of benzene rings is 2. The molecule has 0 unspecified atom stereocenters. The molecule has 5 rings (SSSR count). The Morgan fingerprint density at radius 2 is 1.65 bits per heavy atom. The number of carbonyl (C=O) groups excluding carboxylic acids is 1. The van der Waals surface area contributed by atoms with Gasteiger partial charge in [0.2, 0.25) is 0 Å². The third-order valence-electron chi connectivity index (χ3n) is 5.93. The number of nitrogens with zero attached hydrogens (tertiary/aromatic N) is 2. The zero-order valence-corrected chi connectivity index (χ0v) is 18.7. The zero-order valence-electron chi connectivity index (χ0n) is 17.8. The normalized spacial score (nSPS) is 15.0. The minimum absolute atomic E-state index is 0.00394. The van der Waals surface area contributed by atoms with Crippen LogP contribution in [-0.4, -0.2) is 36.8 Å². The molecule has 2 aliphatic rings. The Kier molecular flexibility index (Phi) is 6.47. The monoisotopic (exact) mass is 432 g/mol. The zero-order chi connectivity index (χ0) is 21.8. The second kappa shape index (κ2) is 9.43. The fraction of sp³-hybridized carbons (Fsp3) is 0.280. The maximum Gasteiger partial charge on any atom is 0.251 e. The van der Waals surface area contributed by atoms with Crippen molar-refractivity contribution in [2.24, 2.45) is 0 Å². The standard InChI is InChI=1S/C24H24N4O.CH4S/c25-23-22(17-5-8-21-18(13-17)9-10-26-24(21)29)14-19(15-27-23)16-3-6-20(7-4-16)28-11-1-2-12-28;1-2/h3-8,13-15H,1-2,9-12H2,(H2,25,27)(H,26,29);2H,1H3. The number of pyridine rings is 1. The molecule has 3 N–H and O–H groups in total. The van der Waals surface area contributed by atoms with Crippen molar-refractivity contribution in [3.8, 4) is 22.3 Å². The van der Waals surface area contributed by atoms with Crippen molar-refractivity contribution in [1.29, 1.82) is 0 Å². The molecule has 6 heteroatoms. The van der Waals surface area contributed by atoms with Crippen LogP contribution in [0.2, 0.25) is 0 Å². The highest BCUT2D eigenvalue weighted by atomic mass is 32.1. The van der Waals surface area contributed by atoms with Crippen molar-refractivity contribution in [2.75, 3.05) is 36.5 Å². The first kappa shape index (κ1) is 21.2. The number of nitrogens with two attached hydrogens (primary N) is 1. The van der Waals surface area contributed by atoms with E-state index in [9.17, 15) is 4.79 Å². The minimum atomic E-state index is -0.00394. The molecule has 1 amide bonds. The van der Waals surface area contributed by atoms with E-state index in [1.807, 2.05) is 18.3 Å². The minimum Gasteiger partial charge on any atom is -0.383 e. The van der Waals surface area contributed by atoms with E-state index >= 15 is 0 Å². The molecule has 0 radical (unpaired) electrons. The molecule has 2 aromatic carbocycles. The summed E-state index contributed by atoms with van der Waals surface area (Å²) in [7, 11) is 0. The third-order valence-corrected chi connectivity index (χ3v) is 5.93. The van der Waals surface area contributed by atoms with Crippen LogP contribution in [0.15, 0.2) is 54.7 Å². The Bertz CT molecular complexity index is 1080. The van der Waals surface area contributed by atoms with Crippen LogP contribution in [-0.2, 0) is 6.42 Å². The highest BCUT2D eigenvalue weighted by Gasteiger charge is 2.18. The lowest BCUT2D eigenvalue weighted by molar-refractivity contribution is 0.0946. The van der Waals surface area contributed by atoms with Crippen molar-refractivity contribution in [3.05, 3.63) is 65.9 Å². The van der Waals surface area contributed by atoms with Crippen molar-refractivity contribution < 1.29 is 4.79 Å². The van der Waals surface area contributed by atoms with Crippen LogP contribution in [0.1, 0.15) is 28.8 Å². The van der Waals surface area contributed by atoms with Gasteiger partial charge in [0.15, 0.2) is 0 Å². The molecule has 0 aliphatic carbocycles. The van der Waals surface area contributed by atoms with Gasteiger partial charge in [0.25, 0.3) is 5.91 Å². The summed E-state index contributed by atoms with van der Waals surface area (Å²) in [5, 5.41) is 2.88. The van der Waals surface area contributed by atoms with Gasteiger partial charge in [0.05, 0.1) is 0 Å². The van der Waals surface area contributed by atoms with Crippen LogP contribution in [0.5, 0.6) is 0 Å². The summed E-state index contributed by atoms with van der Waals surface area (Å²) in [6.07, 6.45) is 6.90. The van der Waals surface area contributed by atoms with Crippen LogP contribution in [0.25, 0.3) is 22.3 Å². The van der Waals surface area contributed by atoms with Gasteiger partial charge >= 0.3 is 0 Å². The number of amides is 1. The van der Waals surface area contributed by atoms with Gasteiger partial charge in [0, 0.05) is 48.2 Å². The lowest BCUT2D eigenvalue weighted by Gasteiger charge is -2.18. The number of fused-ring (bicyclic) bond motifs is 1. The molecule has 0 saturated carbocycles. The predicted octanol–water partition coefficient (Wildman–Crippen LogP) is 4.43. The maximum atomic E-state index is 12.0. The van der Waals surface area contributed by atoms with E-state index in [4.69, 9.17) is 5.73 Å². The molecule has 2 aliphatic heterocycles. The topological polar surface area (TPSA) is 71.2 Å². The number of aromatic nitrogens is 1. The van der Waals surface area contributed by atoms with Crippen LogP contribution in [0, 0.1) is 0 Å². The molecule has 0 atom stereocenters. The second-order valence-corrected chi connectivity index (χ2v) is 7.78. The quantitative estimate of drug-likeness (QED) is 0.536. The first-order valence-electron chi connectivity index (χ1n) is 10.7. The number of hydrogen-bond donors (Lipinski definition) is 3. The Labute approximate surface area is 189 Å². The molecule has 3 heterocycles. The molecule has 1 fully saturated rings. The fourth-order valence-corrected chi connectivity index (χ4v) is 4.30. The maximum absolute atomic E-state index is 12.0. The number of hydrogen-bond acceptors (Lipinski definition) is 5. The van der Waals surface area contributed by atoms with E-state index in [0.717, 1.165) is 52.9 Å². The largest absolute Gasteiger partial charge is 0.383 e. The summed E-state index contributed by atoms with van der Waals surface area (Å²) in [5.74, 6) is 0.499. The molecular formula is C25H28N4OS. The van der Waals surface area contributed by atoms with E-state index in [1.54, 1.807) is 6.26 Å². The lowest BCUT2D eigenvalue weighted by atomic mass is 9.94.